The number of aromatic nitrogens is 2. The van der Waals surface area contributed by atoms with Crippen LogP contribution in [-0.2, 0) is 17.9 Å². The van der Waals surface area contributed by atoms with Crippen molar-refractivity contribution in [2.75, 3.05) is 11.9 Å². The van der Waals surface area contributed by atoms with Gasteiger partial charge in [0.1, 0.15) is 22.8 Å². The minimum atomic E-state index is -1.17. The van der Waals surface area contributed by atoms with Crippen molar-refractivity contribution < 1.29 is 23.5 Å². The first-order chi connectivity index (χ1) is 17.8. The van der Waals surface area contributed by atoms with E-state index in [1.807, 2.05) is 6.92 Å². The Bertz CT molecular complexity index is 1330. The molecule has 1 aliphatic heterocycles. The molecule has 9 nitrogen and oxygen atoms in total. The van der Waals surface area contributed by atoms with Gasteiger partial charge in [-0.05, 0) is 68.7 Å². The number of fused-ring (bicyclic) bond motifs is 1. The van der Waals surface area contributed by atoms with Gasteiger partial charge in [-0.2, -0.15) is 0 Å². The lowest BCUT2D eigenvalue weighted by atomic mass is 9.93. The maximum Gasteiger partial charge on any atom is 0.276 e. The number of imidazole rings is 1. The maximum absolute atomic E-state index is 13.7. The number of carbonyl (C=O) groups is 3. The molecule has 10 heteroatoms. The van der Waals surface area contributed by atoms with E-state index in [1.54, 1.807) is 52.8 Å². The largest absolute Gasteiger partial charge is 0.494 e. The number of anilines is 1. The van der Waals surface area contributed by atoms with Gasteiger partial charge in [-0.1, -0.05) is 12.1 Å². The first-order valence-corrected chi connectivity index (χ1v) is 12.3. The Kier molecular flexibility index (Phi) is 6.41. The molecule has 1 aliphatic carbocycles. The molecule has 1 fully saturated rings. The van der Waals surface area contributed by atoms with Crippen molar-refractivity contribution in [1.29, 1.82) is 0 Å². The summed E-state index contributed by atoms with van der Waals surface area (Å²) < 4.78 is 20.2. The van der Waals surface area contributed by atoms with Crippen molar-refractivity contribution in [2.45, 2.75) is 51.4 Å². The highest BCUT2D eigenvalue weighted by Crippen LogP contribution is 2.39. The minimum absolute atomic E-state index is 0.0123. The van der Waals surface area contributed by atoms with Crippen LogP contribution < -0.4 is 15.4 Å². The van der Waals surface area contributed by atoms with Crippen molar-refractivity contribution in [2.24, 2.45) is 0 Å². The summed E-state index contributed by atoms with van der Waals surface area (Å²) in [5, 5.41) is 5.67. The predicted octanol–water partition coefficient (Wildman–Crippen LogP) is 3.37. The summed E-state index contributed by atoms with van der Waals surface area (Å²) in [5.74, 6) is -0.896. The van der Waals surface area contributed by atoms with Gasteiger partial charge in [0.25, 0.3) is 11.8 Å². The second kappa shape index (κ2) is 9.68. The maximum atomic E-state index is 13.7. The van der Waals surface area contributed by atoms with Gasteiger partial charge in [-0.15, -0.1) is 0 Å². The monoisotopic (exact) mass is 505 g/mol. The number of benzene rings is 2. The number of nitrogens with one attached hydrogen (secondary N) is 2. The number of halogens is 1. The molecule has 1 saturated carbocycles. The van der Waals surface area contributed by atoms with Crippen molar-refractivity contribution in [3.05, 3.63) is 77.6 Å². The average Bonchev–Trinajstić information content (AvgIpc) is 3.62. The van der Waals surface area contributed by atoms with E-state index in [-0.39, 0.29) is 42.2 Å². The van der Waals surface area contributed by atoms with E-state index < -0.39 is 17.4 Å². The summed E-state index contributed by atoms with van der Waals surface area (Å²) in [6, 6.07) is 12.7. The molecule has 0 bridgehead atoms. The van der Waals surface area contributed by atoms with Gasteiger partial charge >= 0.3 is 0 Å². The van der Waals surface area contributed by atoms with Gasteiger partial charge in [0, 0.05) is 18.3 Å². The number of amides is 3. The van der Waals surface area contributed by atoms with Gasteiger partial charge in [0.2, 0.25) is 5.91 Å². The fourth-order valence-corrected chi connectivity index (χ4v) is 4.69. The Morgan fingerprint density at radius 1 is 1.14 bits per heavy atom. The van der Waals surface area contributed by atoms with E-state index in [9.17, 15) is 18.8 Å². The molecule has 1 atom stereocenters. The van der Waals surface area contributed by atoms with Crippen molar-refractivity contribution >= 4 is 23.4 Å². The molecule has 0 radical (unpaired) electrons. The number of ether oxygens (including phenoxy) is 1. The Morgan fingerprint density at radius 3 is 2.49 bits per heavy atom. The number of nitrogens with zero attached hydrogens (tertiary/aromatic N) is 3. The fourth-order valence-electron chi connectivity index (χ4n) is 4.69. The third-order valence-corrected chi connectivity index (χ3v) is 6.67. The molecule has 5 rings (SSSR count). The van der Waals surface area contributed by atoms with Gasteiger partial charge in [-0.3, -0.25) is 14.4 Å². The molecule has 37 heavy (non-hydrogen) atoms. The summed E-state index contributed by atoms with van der Waals surface area (Å²) in [6.07, 6.45) is 3.00. The van der Waals surface area contributed by atoms with E-state index in [0.29, 0.717) is 18.0 Å². The summed E-state index contributed by atoms with van der Waals surface area (Å²) in [6.45, 7) is 4.51. The van der Waals surface area contributed by atoms with Crippen LogP contribution >= 0.6 is 0 Å². The van der Waals surface area contributed by atoms with Crippen molar-refractivity contribution in [3.8, 4) is 5.75 Å². The van der Waals surface area contributed by atoms with Crippen LogP contribution in [0.3, 0.4) is 0 Å². The lowest BCUT2D eigenvalue weighted by Gasteiger charge is -2.44. The Labute approximate surface area is 213 Å². The molecule has 1 unspecified atom stereocenters. The standard InChI is InChI=1S/C27H28FN5O4/c1-3-37-21-12-8-19(9-13-21)31-24(34)22-23-25(35)33(20-10-11-20)27(2,15-32(23)16-30-22)26(36)29-14-17-4-6-18(28)7-5-17/h4-9,12-13,16,20H,3,10-11,14-15H2,1-2H3,(H,29,36)(H,31,34). The minimum Gasteiger partial charge on any atom is -0.494 e. The highest BCUT2D eigenvalue weighted by atomic mass is 19.1. The lowest BCUT2D eigenvalue weighted by Crippen LogP contribution is -2.64. The zero-order chi connectivity index (χ0) is 26.2. The second-order valence-electron chi connectivity index (χ2n) is 9.47. The molecule has 3 aromatic rings. The smallest absolute Gasteiger partial charge is 0.276 e. The summed E-state index contributed by atoms with van der Waals surface area (Å²) in [4.78, 5) is 46.1. The molecule has 2 aromatic carbocycles. The van der Waals surface area contributed by atoms with Crippen LogP contribution in [0.5, 0.6) is 5.75 Å². The molecule has 2 heterocycles. The molecule has 3 amide bonds. The number of hydrogen-bond acceptors (Lipinski definition) is 5. The second-order valence-corrected chi connectivity index (χ2v) is 9.47. The van der Waals surface area contributed by atoms with Crippen LogP contribution in [0.4, 0.5) is 10.1 Å². The summed E-state index contributed by atoms with van der Waals surface area (Å²) in [7, 11) is 0. The number of carbonyl (C=O) groups excluding carboxylic acids is 3. The van der Waals surface area contributed by atoms with E-state index in [1.165, 1.54) is 18.5 Å². The number of rotatable bonds is 8. The van der Waals surface area contributed by atoms with Gasteiger partial charge in [0.05, 0.1) is 19.5 Å². The first kappa shape index (κ1) is 24.5. The van der Waals surface area contributed by atoms with Crippen LogP contribution in [0.25, 0.3) is 0 Å². The normalized spacial score (nSPS) is 18.8. The zero-order valence-electron chi connectivity index (χ0n) is 20.7. The molecule has 2 aliphatic rings. The van der Waals surface area contributed by atoms with E-state index >= 15 is 0 Å². The summed E-state index contributed by atoms with van der Waals surface area (Å²) in [5.41, 5.74) is 0.296. The molecular weight excluding hydrogens is 477 g/mol. The lowest BCUT2D eigenvalue weighted by molar-refractivity contribution is -0.133. The van der Waals surface area contributed by atoms with Crippen LogP contribution in [0.15, 0.2) is 54.9 Å². The Hall–Kier alpha value is -4.21. The third-order valence-electron chi connectivity index (χ3n) is 6.67. The predicted molar refractivity (Wildman–Crippen MR) is 134 cm³/mol. The average molecular weight is 506 g/mol. The van der Waals surface area contributed by atoms with E-state index in [0.717, 1.165) is 18.4 Å². The van der Waals surface area contributed by atoms with Crippen LogP contribution in [0, 0.1) is 5.82 Å². The van der Waals surface area contributed by atoms with Crippen LogP contribution in [-0.4, -0.2) is 50.4 Å². The molecule has 1 aromatic heterocycles. The zero-order valence-corrected chi connectivity index (χ0v) is 20.7. The van der Waals surface area contributed by atoms with Crippen molar-refractivity contribution in [3.63, 3.8) is 0 Å². The topological polar surface area (TPSA) is 106 Å². The highest BCUT2D eigenvalue weighted by molar-refractivity contribution is 6.11. The first-order valence-electron chi connectivity index (χ1n) is 12.3. The van der Waals surface area contributed by atoms with E-state index in [2.05, 4.69) is 15.6 Å². The highest BCUT2D eigenvalue weighted by Gasteiger charge is 2.53. The molecule has 2 N–H and O–H groups in total. The number of hydrogen-bond donors (Lipinski definition) is 2. The Morgan fingerprint density at radius 2 is 1.84 bits per heavy atom. The molecule has 0 spiro atoms. The van der Waals surface area contributed by atoms with Crippen LogP contribution in [0.1, 0.15) is 53.2 Å². The van der Waals surface area contributed by atoms with Gasteiger partial charge < -0.3 is 24.8 Å². The molecule has 0 saturated heterocycles. The molecule has 192 valence electrons. The summed E-state index contributed by atoms with van der Waals surface area (Å²) >= 11 is 0. The molecular formula is C27H28FN5O4. The third kappa shape index (κ3) is 4.78. The Balaban J connectivity index is 1.36. The SMILES string of the molecule is CCOc1ccc(NC(=O)c2ncn3c2C(=O)N(C2CC2)C(C)(C(=O)NCc2ccc(F)cc2)C3)cc1. The van der Waals surface area contributed by atoms with Crippen LogP contribution in [0.2, 0.25) is 0 Å². The van der Waals surface area contributed by atoms with Gasteiger partial charge in [0.15, 0.2) is 5.69 Å². The fraction of sp³-hybridized carbons (Fsp3) is 0.333. The quantitative estimate of drug-likeness (QED) is 0.488. The van der Waals surface area contributed by atoms with Crippen molar-refractivity contribution in [1.82, 2.24) is 19.8 Å². The van der Waals surface area contributed by atoms with E-state index in [4.69, 9.17) is 4.74 Å². The van der Waals surface area contributed by atoms with Gasteiger partial charge in [-0.25, -0.2) is 9.37 Å².